The van der Waals surface area contributed by atoms with Gasteiger partial charge in [-0.1, -0.05) is 23.7 Å². The Balaban J connectivity index is 1.53. The molecule has 0 radical (unpaired) electrons. The Hall–Kier alpha value is -2.61. The molecular weight excluding hydrogens is 402 g/mol. The number of ether oxygens (including phenoxy) is 1. The molecule has 30 heavy (non-hydrogen) atoms. The van der Waals surface area contributed by atoms with Crippen molar-refractivity contribution in [3.63, 3.8) is 0 Å². The Kier molecular flexibility index (Phi) is 6.22. The monoisotopic (exact) mass is 427 g/mol. The molecule has 0 spiro atoms. The molecule has 0 aromatic heterocycles. The highest BCUT2D eigenvalue weighted by Gasteiger charge is 2.27. The van der Waals surface area contributed by atoms with Crippen LogP contribution in [0.4, 0.5) is 17.1 Å². The van der Waals surface area contributed by atoms with Crippen LogP contribution < -0.4 is 11.1 Å². The van der Waals surface area contributed by atoms with E-state index in [-0.39, 0.29) is 5.97 Å². The van der Waals surface area contributed by atoms with E-state index in [1.165, 1.54) is 0 Å². The van der Waals surface area contributed by atoms with Crippen molar-refractivity contribution in [3.05, 3.63) is 53.1 Å². The van der Waals surface area contributed by atoms with Gasteiger partial charge in [-0.2, -0.15) is 0 Å². The number of piperazine rings is 1. The topological polar surface area (TPSA) is 83.2 Å². The van der Waals surface area contributed by atoms with Gasteiger partial charge in [-0.25, -0.2) is 4.99 Å². The summed E-state index contributed by atoms with van der Waals surface area (Å²) in [5.41, 5.74) is 9.81. The first-order valence-electron chi connectivity index (χ1n) is 10.2. The van der Waals surface area contributed by atoms with Gasteiger partial charge in [-0.3, -0.25) is 9.69 Å². The third-order valence-electron chi connectivity index (χ3n) is 5.34. The SMILES string of the molecule is CCOC(=O)C(N)CN1CCN(C2=Nc3cc(Cl)ccc3Nc3ccccc32)CC1. The van der Waals surface area contributed by atoms with E-state index >= 15 is 0 Å². The van der Waals surface area contributed by atoms with Crippen molar-refractivity contribution in [2.24, 2.45) is 10.7 Å². The van der Waals surface area contributed by atoms with Crippen LogP contribution in [0.1, 0.15) is 12.5 Å². The molecule has 2 aliphatic rings. The van der Waals surface area contributed by atoms with Crippen molar-refractivity contribution in [2.75, 3.05) is 44.6 Å². The van der Waals surface area contributed by atoms with Crippen LogP contribution in [0.15, 0.2) is 47.5 Å². The predicted octanol–water partition coefficient (Wildman–Crippen LogP) is 2.98. The van der Waals surface area contributed by atoms with Crippen LogP contribution >= 0.6 is 11.6 Å². The number of benzene rings is 2. The number of para-hydroxylation sites is 1. The summed E-state index contributed by atoms with van der Waals surface area (Å²) in [5, 5.41) is 4.14. The first-order valence-corrected chi connectivity index (χ1v) is 10.6. The standard InChI is InChI=1S/C22H26ClN5O2/c1-2-30-22(29)17(24)14-27-9-11-28(12-10-27)21-16-5-3-4-6-18(16)25-19-8-7-15(23)13-20(19)26-21/h3-8,13,17,25H,2,9-12,14,24H2,1H3. The number of amidine groups is 1. The van der Waals surface area contributed by atoms with Crippen LogP contribution in [-0.2, 0) is 9.53 Å². The Morgan fingerprint density at radius 2 is 1.97 bits per heavy atom. The number of fused-ring (bicyclic) bond motifs is 2. The molecule has 0 saturated carbocycles. The van der Waals surface area contributed by atoms with Crippen molar-refractivity contribution in [1.82, 2.24) is 9.80 Å². The molecule has 2 aromatic rings. The minimum Gasteiger partial charge on any atom is -0.465 e. The fourth-order valence-corrected chi connectivity index (χ4v) is 3.96. The van der Waals surface area contributed by atoms with Gasteiger partial charge >= 0.3 is 5.97 Å². The highest BCUT2D eigenvalue weighted by molar-refractivity contribution is 6.31. The van der Waals surface area contributed by atoms with Gasteiger partial charge in [-0.05, 0) is 37.3 Å². The summed E-state index contributed by atoms with van der Waals surface area (Å²) in [6, 6.07) is 13.3. The number of nitrogens with zero attached hydrogens (tertiary/aromatic N) is 3. The lowest BCUT2D eigenvalue weighted by Gasteiger charge is -2.37. The maximum Gasteiger partial charge on any atom is 0.324 e. The van der Waals surface area contributed by atoms with E-state index in [1.54, 1.807) is 6.92 Å². The van der Waals surface area contributed by atoms with E-state index in [2.05, 4.69) is 27.2 Å². The quantitative estimate of drug-likeness (QED) is 0.730. The largest absolute Gasteiger partial charge is 0.465 e. The van der Waals surface area contributed by atoms with Gasteiger partial charge in [0.15, 0.2) is 0 Å². The lowest BCUT2D eigenvalue weighted by atomic mass is 10.1. The molecule has 8 heteroatoms. The number of esters is 1. The van der Waals surface area contributed by atoms with E-state index in [9.17, 15) is 4.79 Å². The van der Waals surface area contributed by atoms with Gasteiger partial charge < -0.3 is 20.7 Å². The minimum absolute atomic E-state index is 0.346. The van der Waals surface area contributed by atoms with E-state index in [0.717, 1.165) is 54.6 Å². The molecule has 1 atom stereocenters. The average molecular weight is 428 g/mol. The zero-order chi connectivity index (χ0) is 21.1. The van der Waals surface area contributed by atoms with Crippen molar-refractivity contribution in [2.45, 2.75) is 13.0 Å². The Morgan fingerprint density at radius 1 is 1.20 bits per heavy atom. The Morgan fingerprint density at radius 3 is 2.73 bits per heavy atom. The smallest absolute Gasteiger partial charge is 0.324 e. The molecule has 2 heterocycles. The summed E-state index contributed by atoms with van der Waals surface area (Å²) in [6.07, 6.45) is 0. The molecule has 0 amide bonds. The molecule has 158 valence electrons. The number of hydrogen-bond donors (Lipinski definition) is 2. The second-order valence-corrected chi connectivity index (χ2v) is 7.85. The first kappa shape index (κ1) is 20.7. The van der Waals surface area contributed by atoms with Gasteiger partial charge in [0.25, 0.3) is 0 Å². The minimum atomic E-state index is -0.620. The van der Waals surface area contributed by atoms with Gasteiger partial charge in [0.1, 0.15) is 11.9 Å². The Labute approximate surface area is 181 Å². The molecule has 1 unspecified atom stereocenters. The van der Waals surface area contributed by atoms with Gasteiger partial charge in [0.05, 0.1) is 18.0 Å². The maximum absolute atomic E-state index is 11.8. The number of aliphatic imine (C=N–C) groups is 1. The second kappa shape index (κ2) is 9.04. The number of hydrogen-bond acceptors (Lipinski definition) is 7. The zero-order valence-electron chi connectivity index (χ0n) is 17.0. The average Bonchev–Trinajstić information content (AvgIpc) is 2.91. The van der Waals surface area contributed by atoms with E-state index in [4.69, 9.17) is 27.1 Å². The molecule has 0 aliphatic carbocycles. The van der Waals surface area contributed by atoms with Crippen molar-refractivity contribution < 1.29 is 9.53 Å². The summed E-state index contributed by atoms with van der Waals surface area (Å²) in [6.45, 7) is 5.80. The maximum atomic E-state index is 11.8. The van der Waals surface area contributed by atoms with E-state index in [0.29, 0.717) is 18.2 Å². The number of rotatable bonds is 4. The summed E-state index contributed by atoms with van der Waals surface area (Å²) in [7, 11) is 0. The van der Waals surface area contributed by atoms with Crippen LogP contribution in [-0.4, -0.2) is 67.0 Å². The van der Waals surface area contributed by atoms with Crippen LogP contribution in [0.25, 0.3) is 0 Å². The molecule has 4 rings (SSSR count). The summed E-state index contributed by atoms with van der Waals surface area (Å²) >= 11 is 6.22. The predicted molar refractivity (Wildman–Crippen MR) is 120 cm³/mol. The van der Waals surface area contributed by atoms with Gasteiger partial charge in [0.2, 0.25) is 0 Å². The van der Waals surface area contributed by atoms with Crippen LogP contribution in [0.5, 0.6) is 0 Å². The van der Waals surface area contributed by atoms with Crippen molar-refractivity contribution in [3.8, 4) is 0 Å². The van der Waals surface area contributed by atoms with Gasteiger partial charge in [0, 0.05) is 49.0 Å². The number of anilines is 2. The number of nitrogens with two attached hydrogens (primary N) is 1. The molecule has 3 N–H and O–H groups in total. The van der Waals surface area contributed by atoms with Crippen molar-refractivity contribution in [1.29, 1.82) is 0 Å². The molecule has 1 fully saturated rings. The fourth-order valence-electron chi connectivity index (χ4n) is 3.79. The van der Waals surface area contributed by atoms with Crippen LogP contribution in [0.2, 0.25) is 5.02 Å². The van der Waals surface area contributed by atoms with E-state index in [1.807, 2.05) is 30.3 Å². The molecule has 2 aromatic carbocycles. The number of halogens is 1. The van der Waals surface area contributed by atoms with Crippen LogP contribution in [0, 0.1) is 0 Å². The normalized spacial score (nSPS) is 17.2. The van der Waals surface area contributed by atoms with Crippen LogP contribution in [0.3, 0.4) is 0 Å². The first-order chi connectivity index (χ1) is 14.5. The highest BCUT2D eigenvalue weighted by atomic mass is 35.5. The fraction of sp³-hybridized carbons (Fsp3) is 0.364. The highest BCUT2D eigenvalue weighted by Crippen LogP contribution is 2.36. The summed E-state index contributed by atoms with van der Waals surface area (Å²) in [5.74, 6) is 0.579. The number of nitrogens with one attached hydrogen (secondary N) is 1. The third-order valence-corrected chi connectivity index (χ3v) is 5.57. The Bertz CT molecular complexity index is 956. The second-order valence-electron chi connectivity index (χ2n) is 7.41. The number of carbonyl (C=O) groups is 1. The molecular formula is C22H26ClN5O2. The molecule has 2 aliphatic heterocycles. The lowest BCUT2D eigenvalue weighted by Crippen LogP contribution is -2.53. The molecule has 7 nitrogen and oxygen atoms in total. The van der Waals surface area contributed by atoms with Gasteiger partial charge in [-0.15, -0.1) is 0 Å². The molecule has 1 saturated heterocycles. The number of carbonyl (C=O) groups excluding carboxylic acids is 1. The third kappa shape index (κ3) is 4.43. The zero-order valence-corrected chi connectivity index (χ0v) is 17.7. The lowest BCUT2D eigenvalue weighted by molar-refractivity contribution is -0.145. The summed E-state index contributed by atoms with van der Waals surface area (Å²) < 4.78 is 5.02. The van der Waals surface area contributed by atoms with Crippen molar-refractivity contribution >= 4 is 40.5 Å². The molecule has 0 bridgehead atoms. The summed E-state index contributed by atoms with van der Waals surface area (Å²) in [4.78, 5) is 21.3. The van der Waals surface area contributed by atoms with E-state index < -0.39 is 6.04 Å².